The van der Waals surface area contributed by atoms with E-state index < -0.39 is 29.1 Å². The predicted molar refractivity (Wildman–Crippen MR) is 167 cm³/mol. The molecule has 3 amide bonds. The summed E-state index contributed by atoms with van der Waals surface area (Å²) in [6.07, 6.45) is 7.91. The summed E-state index contributed by atoms with van der Waals surface area (Å²) in [5.41, 5.74) is -1.25. The van der Waals surface area contributed by atoms with Crippen LogP contribution in [0.3, 0.4) is 0 Å². The van der Waals surface area contributed by atoms with Gasteiger partial charge in [0, 0.05) is 38.5 Å². The molecule has 9 nitrogen and oxygen atoms in total. The van der Waals surface area contributed by atoms with Gasteiger partial charge in [0.05, 0.1) is 24.0 Å². The third kappa shape index (κ3) is 5.86. The Bertz CT molecular complexity index is 1170. The van der Waals surface area contributed by atoms with Crippen LogP contribution >= 0.6 is 0 Å². The van der Waals surface area contributed by atoms with Gasteiger partial charge in [-0.2, -0.15) is 0 Å². The number of anilines is 1. The monoisotopic (exact) mass is 595 g/mol. The van der Waals surface area contributed by atoms with E-state index in [9.17, 15) is 19.5 Å². The van der Waals surface area contributed by atoms with Crippen LogP contribution in [-0.4, -0.2) is 89.3 Å². The van der Waals surface area contributed by atoms with Crippen molar-refractivity contribution in [1.82, 2.24) is 9.80 Å². The van der Waals surface area contributed by atoms with Gasteiger partial charge in [-0.1, -0.05) is 32.4 Å². The molecule has 0 aromatic heterocycles. The van der Waals surface area contributed by atoms with Gasteiger partial charge in [0.1, 0.15) is 17.4 Å². The van der Waals surface area contributed by atoms with Crippen molar-refractivity contribution in [2.75, 3.05) is 44.3 Å². The number of benzene rings is 1. The minimum absolute atomic E-state index is 0.00343. The van der Waals surface area contributed by atoms with Gasteiger partial charge in [0.2, 0.25) is 17.7 Å². The highest BCUT2D eigenvalue weighted by Gasteiger charge is 2.79. The second-order valence-corrected chi connectivity index (χ2v) is 11.9. The summed E-state index contributed by atoms with van der Waals surface area (Å²) < 4.78 is 12.6. The quantitative estimate of drug-likeness (QED) is 0.212. The lowest BCUT2D eigenvalue weighted by Gasteiger charge is -2.37. The largest absolute Gasteiger partial charge is 0.494 e. The van der Waals surface area contributed by atoms with Gasteiger partial charge in [0.15, 0.2) is 0 Å². The van der Waals surface area contributed by atoms with E-state index in [0.717, 1.165) is 12.8 Å². The van der Waals surface area contributed by atoms with Gasteiger partial charge in [-0.15, -0.1) is 13.2 Å². The Kier molecular flexibility index (Phi) is 10.7. The first-order chi connectivity index (χ1) is 20.8. The highest BCUT2D eigenvalue weighted by molar-refractivity contribution is 6.03. The fraction of sp³-hybridized carbons (Fsp3) is 0.618. The van der Waals surface area contributed by atoms with Crippen molar-refractivity contribution < 1.29 is 29.0 Å². The maximum atomic E-state index is 14.7. The minimum Gasteiger partial charge on any atom is -0.494 e. The average molecular weight is 596 g/mol. The van der Waals surface area contributed by atoms with Crippen LogP contribution in [-0.2, 0) is 19.1 Å². The maximum absolute atomic E-state index is 14.7. The molecular formula is C34H49N3O6. The van der Waals surface area contributed by atoms with Crippen molar-refractivity contribution in [1.29, 1.82) is 0 Å². The summed E-state index contributed by atoms with van der Waals surface area (Å²) in [6, 6.07) is 6.53. The summed E-state index contributed by atoms with van der Waals surface area (Å²) in [4.78, 5) is 48.6. The maximum Gasteiger partial charge on any atom is 0.248 e. The molecule has 1 N–H and O–H groups in total. The fourth-order valence-corrected chi connectivity index (χ4v) is 7.48. The summed E-state index contributed by atoms with van der Waals surface area (Å²) in [6.45, 7) is 15.8. The van der Waals surface area contributed by atoms with E-state index in [1.54, 1.807) is 26.9 Å². The molecule has 0 saturated carbocycles. The van der Waals surface area contributed by atoms with Gasteiger partial charge < -0.3 is 29.3 Å². The van der Waals surface area contributed by atoms with Crippen molar-refractivity contribution in [3.8, 4) is 5.75 Å². The molecule has 3 aliphatic rings. The summed E-state index contributed by atoms with van der Waals surface area (Å²) >= 11 is 0. The van der Waals surface area contributed by atoms with Gasteiger partial charge in [-0.3, -0.25) is 14.4 Å². The number of hydrogen-bond acceptors (Lipinski definition) is 6. The first-order valence-electron chi connectivity index (χ1n) is 15.9. The lowest BCUT2D eigenvalue weighted by molar-refractivity contribution is -0.152. The number of rotatable bonds is 17. The summed E-state index contributed by atoms with van der Waals surface area (Å²) in [7, 11) is 0. The Labute approximate surface area is 256 Å². The SMILES string of the molecule is C=CCN(CCCC)C(=O)C1N(CCCCO)C(=O)[C@@H]2[C@H](C(=O)N(CC=C)c3ccc(OCC)cc3)[C@]3(CC)CCC12O3. The van der Waals surface area contributed by atoms with Crippen LogP contribution in [0.1, 0.15) is 65.7 Å². The average Bonchev–Trinajstić information content (AvgIpc) is 3.62. The van der Waals surface area contributed by atoms with Crippen LogP contribution < -0.4 is 9.64 Å². The standard InChI is InChI=1S/C34H49N3O6/c1-6-11-22-35(20-7-2)32(41)29-34-19-18-33(9-4,43-34)27(28(34)31(40)37(29)23-12-13-24-38)30(39)36(21-8-3)25-14-16-26(17-15-25)42-10-5/h7-8,14-17,27-29,38H,2-3,6,9-13,18-24H2,1,4-5H3/t27-,28+,29?,33+,34?/m1/s1. The molecule has 0 aliphatic carbocycles. The van der Waals surface area contributed by atoms with Gasteiger partial charge >= 0.3 is 0 Å². The second-order valence-electron chi connectivity index (χ2n) is 11.9. The lowest BCUT2D eigenvalue weighted by atomic mass is 9.64. The van der Waals surface area contributed by atoms with Crippen LogP contribution in [0, 0.1) is 11.8 Å². The number of carbonyl (C=O) groups excluding carboxylic acids is 3. The summed E-state index contributed by atoms with van der Waals surface area (Å²) in [5, 5.41) is 9.47. The number of unbranched alkanes of at least 4 members (excludes halogenated alkanes) is 2. The molecule has 3 fully saturated rings. The Morgan fingerprint density at radius 2 is 1.79 bits per heavy atom. The highest BCUT2D eigenvalue weighted by atomic mass is 16.5. The van der Waals surface area contributed by atoms with Crippen molar-refractivity contribution in [3.05, 3.63) is 49.6 Å². The zero-order valence-electron chi connectivity index (χ0n) is 26.1. The molecule has 43 heavy (non-hydrogen) atoms. The number of aliphatic hydroxyl groups is 1. The van der Waals surface area contributed by atoms with Crippen molar-refractivity contribution in [2.45, 2.75) is 83.0 Å². The second kappa shape index (κ2) is 14.1. The first-order valence-corrected chi connectivity index (χ1v) is 15.9. The number of aliphatic hydroxyl groups excluding tert-OH is 1. The van der Waals surface area contributed by atoms with E-state index >= 15 is 0 Å². The Hall–Kier alpha value is -3.17. The lowest BCUT2D eigenvalue weighted by Crippen LogP contribution is -2.56. The minimum atomic E-state index is -1.09. The fourth-order valence-electron chi connectivity index (χ4n) is 7.48. The molecular weight excluding hydrogens is 546 g/mol. The molecule has 3 aliphatic heterocycles. The van der Waals surface area contributed by atoms with Gasteiger partial charge in [-0.25, -0.2) is 0 Å². The van der Waals surface area contributed by atoms with Crippen LogP contribution in [0.2, 0.25) is 0 Å². The molecule has 1 aromatic carbocycles. The highest BCUT2D eigenvalue weighted by Crippen LogP contribution is 2.64. The van der Waals surface area contributed by atoms with E-state index in [1.165, 1.54) is 0 Å². The number of nitrogens with zero attached hydrogens (tertiary/aromatic N) is 3. The third-order valence-electron chi connectivity index (χ3n) is 9.47. The molecule has 3 heterocycles. The van der Waals surface area contributed by atoms with E-state index in [2.05, 4.69) is 20.1 Å². The van der Waals surface area contributed by atoms with E-state index in [-0.39, 0.29) is 30.9 Å². The Balaban J connectivity index is 1.77. The molecule has 9 heteroatoms. The molecule has 0 radical (unpaired) electrons. The molecule has 236 valence electrons. The summed E-state index contributed by atoms with van der Waals surface area (Å²) in [5.74, 6) is -1.35. The van der Waals surface area contributed by atoms with Crippen molar-refractivity contribution >= 4 is 23.4 Å². The van der Waals surface area contributed by atoms with Crippen LogP contribution in [0.4, 0.5) is 5.69 Å². The normalized spacial score (nSPS) is 27.2. The zero-order valence-corrected chi connectivity index (χ0v) is 26.1. The third-order valence-corrected chi connectivity index (χ3v) is 9.47. The predicted octanol–water partition coefficient (Wildman–Crippen LogP) is 4.35. The van der Waals surface area contributed by atoms with E-state index in [1.807, 2.05) is 38.1 Å². The molecule has 5 atom stereocenters. The molecule has 3 saturated heterocycles. The Morgan fingerprint density at radius 3 is 2.40 bits per heavy atom. The number of fused-ring (bicyclic) bond motifs is 1. The molecule has 2 bridgehead atoms. The number of amides is 3. The topological polar surface area (TPSA) is 99.6 Å². The zero-order chi connectivity index (χ0) is 31.2. The van der Waals surface area contributed by atoms with Gasteiger partial charge in [-0.05, 0) is 69.7 Å². The first kappa shape index (κ1) is 32.7. The Morgan fingerprint density at radius 1 is 1.07 bits per heavy atom. The molecule has 4 rings (SSSR count). The number of ether oxygens (including phenoxy) is 2. The molecule has 2 unspecified atom stereocenters. The van der Waals surface area contributed by atoms with Gasteiger partial charge in [0.25, 0.3) is 0 Å². The van der Waals surface area contributed by atoms with Crippen LogP contribution in [0.25, 0.3) is 0 Å². The molecule has 1 aromatic rings. The molecule has 1 spiro atoms. The van der Waals surface area contributed by atoms with Crippen LogP contribution in [0.15, 0.2) is 49.6 Å². The van der Waals surface area contributed by atoms with E-state index in [0.29, 0.717) is 69.8 Å². The van der Waals surface area contributed by atoms with Crippen LogP contribution in [0.5, 0.6) is 5.75 Å². The number of hydrogen-bond donors (Lipinski definition) is 1. The van der Waals surface area contributed by atoms with Crippen molar-refractivity contribution in [2.24, 2.45) is 11.8 Å². The number of carbonyl (C=O) groups is 3. The van der Waals surface area contributed by atoms with E-state index in [4.69, 9.17) is 9.47 Å². The number of likely N-dealkylation sites (tertiary alicyclic amines) is 1. The van der Waals surface area contributed by atoms with Crippen molar-refractivity contribution in [3.63, 3.8) is 0 Å². The smallest absolute Gasteiger partial charge is 0.248 e.